The van der Waals surface area contributed by atoms with Crippen LogP contribution in [-0.2, 0) is 9.84 Å². The predicted molar refractivity (Wildman–Crippen MR) is 69.4 cm³/mol. The molecule has 0 fully saturated rings. The number of sulfone groups is 1. The molecular weight excluding hydrogens is 242 g/mol. The first-order chi connectivity index (χ1) is 7.30. The van der Waals surface area contributed by atoms with Gasteiger partial charge in [-0.1, -0.05) is 31.3 Å². The number of thiocarbonyl (C=S) groups is 1. The van der Waals surface area contributed by atoms with Gasteiger partial charge in [0.15, 0.2) is 9.84 Å². The summed E-state index contributed by atoms with van der Waals surface area (Å²) in [5.74, 6) is 0.214. The third-order valence-corrected chi connectivity index (χ3v) is 3.68. The molecule has 0 aliphatic carbocycles. The van der Waals surface area contributed by atoms with E-state index in [4.69, 9.17) is 18.0 Å². The van der Waals surface area contributed by atoms with Gasteiger partial charge in [0, 0.05) is 12.7 Å². The molecule has 16 heavy (non-hydrogen) atoms. The summed E-state index contributed by atoms with van der Waals surface area (Å²) >= 11 is 4.84. The Hall–Kier alpha value is -0.940. The molecule has 3 nitrogen and oxygen atoms in total. The normalized spacial score (nSPS) is 13.4. The quantitative estimate of drug-likeness (QED) is 0.837. The summed E-state index contributed by atoms with van der Waals surface area (Å²) in [6, 6.07) is 6.83. The van der Waals surface area contributed by atoms with Crippen LogP contribution in [0.1, 0.15) is 24.8 Å². The van der Waals surface area contributed by atoms with Gasteiger partial charge in [-0.15, -0.1) is 0 Å². The molecule has 88 valence electrons. The molecule has 0 saturated carbocycles. The standard InChI is InChI=1S/C11H15NO2S2/c1-8(7-11(12)15)9-3-5-10(6-4-9)16(2,13)14/h3-6,8H,7H2,1-2H3,(H2,12,15). The Labute approximate surface area is 102 Å². The van der Waals surface area contributed by atoms with Crippen molar-refractivity contribution in [3.63, 3.8) is 0 Å². The second-order valence-electron chi connectivity index (χ2n) is 3.91. The summed E-state index contributed by atoms with van der Waals surface area (Å²) in [4.78, 5) is 0.804. The minimum absolute atomic E-state index is 0.214. The van der Waals surface area contributed by atoms with E-state index in [9.17, 15) is 8.42 Å². The van der Waals surface area contributed by atoms with Crippen molar-refractivity contribution in [3.05, 3.63) is 29.8 Å². The summed E-state index contributed by atoms with van der Waals surface area (Å²) in [6.45, 7) is 2.01. The Balaban J connectivity index is 2.91. The van der Waals surface area contributed by atoms with Crippen molar-refractivity contribution in [2.24, 2.45) is 5.73 Å². The van der Waals surface area contributed by atoms with Crippen molar-refractivity contribution in [3.8, 4) is 0 Å². The molecule has 0 saturated heterocycles. The zero-order valence-electron chi connectivity index (χ0n) is 9.30. The summed E-state index contributed by atoms with van der Waals surface area (Å²) in [7, 11) is -3.12. The maximum atomic E-state index is 11.3. The Morgan fingerprint density at radius 3 is 2.25 bits per heavy atom. The number of benzene rings is 1. The van der Waals surface area contributed by atoms with Gasteiger partial charge in [-0.25, -0.2) is 8.42 Å². The molecule has 2 N–H and O–H groups in total. The Bertz CT molecular complexity index is 477. The van der Waals surface area contributed by atoms with Crippen LogP contribution < -0.4 is 5.73 Å². The average Bonchev–Trinajstić information content (AvgIpc) is 2.15. The maximum Gasteiger partial charge on any atom is 0.175 e. The second-order valence-corrected chi connectivity index (χ2v) is 6.45. The molecule has 0 radical (unpaired) electrons. The van der Waals surface area contributed by atoms with Crippen molar-refractivity contribution in [2.45, 2.75) is 24.2 Å². The largest absolute Gasteiger partial charge is 0.393 e. The van der Waals surface area contributed by atoms with Gasteiger partial charge in [0.25, 0.3) is 0 Å². The van der Waals surface area contributed by atoms with E-state index in [1.54, 1.807) is 24.3 Å². The van der Waals surface area contributed by atoms with Gasteiger partial charge in [0.1, 0.15) is 0 Å². The van der Waals surface area contributed by atoms with E-state index in [-0.39, 0.29) is 5.92 Å². The molecule has 0 heterocycles. The van der Waals surface area contributed by atoms with Gasteiger partial charge in [0.05, 0.1) is 9.88 Å². The van der Waals surface area contributed by atoms with Crippen LogP contribution in [0.4, 0.5) is 0 Å². The van der Waals surface area contributed by atoms with Gasteiger partial charge in [0.2, 0.25) is 0 Å². The smallest absolute Gasteiger partial charge is 0.175 e. The molecular formula is C11H15NO2S2. The fourth-order valence-corrected chi connectivity index (χ4v) is 2.34. The summed E-state index contributed by atoms with van der Waals surface area (Å²) < 4.78 is 22.5. The zero-order chi connectivity index (χ0) is 12.3. The van der Waals surface area contributed by atoms with Crippen molar-refractivity contribution < 1.29 is 8.42 Å². The maximum absolute atomic E-state index is 11.3. The number of hydrogen-bond acceptors (Lipinski definition) is 3. The number of hydrogen-bond donors (Lipinski definition) is 1. The van der Waals surface area contributed by atoms with Crippen LogP contribution in [0.2, 0.25) is 0 Å². The minimum atomic E-state index is -3.12. The average molecular weight is 257 g/mol. The Morgan fingerprint density at radius 1 is 1.38 bits per heavy atom. The molecule has 0 bridgehead atoms. The number of nitrogens with two attached hydrogens (primary N) is 1. The molecule has 1 atom stereocenters. The van der Waals surface area contributed by atoms with Crippen LogP contribution in [0.5, 0.6) is 0 Å². The monoisotopic (exact) mass is 257 g/mol. The molecule has 1 unspecified atom stereocenters. The van der Waals surface area contributed by atoms with Crippen LogP contribution >= 0.6 is 12.2 Å². The lowest BCUT2D eigenvalue weighted by molar-refractivity contribution is 0.602. The molecule has 1 rings (SSSR count). The highest BCUT2D eigenvalue weighted by Crippen LogP contribution is 2.20. The fraction of sp³-hybridized carbons (Fsp3) is 0.364. The third kappa shape index (κ3) is 3.57. The predicted octanol–water partition coefficient (Wildman–Crippen LogP) is 1.87. The van der Waals surface area contributed by atoms with Gasteiger partial charge in [-0.3, -0.25) is 0 Å². The molecule has 0 aliphatic heterocycles. The van der Waals surface area contributed by atoms with E-state index in [1.165, 1.54) is 6.26 Å². The summed E-state index contributed by atoms with van der Waals surface area (Å²) in [6.07, 6.45) is 1.83. The lowest BCUT2D eigenvalue weighted by Gasteiger charge is -2.11. The lowest BCUT2D eigenvalue weighted by atomic mass is 9.98. The lowest BCUT2D eigenvalue weighted by Crippen LogP contribution is -2.11. The van der Waals surface area contributed by atoms with Gasteiger partial charge < -0.3 is 5.73 Å². The number of rotatable bonds is 4. The SMILES string of the molecule is CC(CC(N)=S)c1ccc(S(C)(=O)=O)cc1. The second kappa shape index (κ2) is 4.93. The van der Waals surface area contributed by atoms with E-state index < -0.39 is 9.84 Å². The highest BCUT2D eigenvalue weighted by molar-refractivity contribution is 7.90. The van der Waals surface area contributed by atoms with E-state index in [2.05, 4.69) is 0 Å². The van der Waals surface area contributed by atoms with Crippen LogP contribution in [0.25, 0.3) is 0 Å². The van der Waals surface area contributed by atoms with Crippen LogP contribution in [0.3, 0.4) is 0 Å². The first-order valence-electron chi connectivity index (χ1n) is 4.89. The molecule has 1 aromatic rings. The van der Waals surface area contributed by atoms with Crippen molar-refractivity contribution in [2.75, 3.05) is 6.26 Å². The fourth-order valence-electron chi connectivity index (χ4n) is 1.46. The molecule has 5 heteroatoms. The van der Waals surface area contributed by atoms with Crippen molar-refractivity contribution in [1.82, 2.24) is 0 Å². The van der Waals surface area contributed by atoms with Gasteiger partial charge in [-0.05, 0) is 23.6 Å². The molecule has 1 aromatic carbocycles. The third-order valence-electron chi connectivity index (χ3n) is 2.38. The van der Waals surface area contributed by atoms with Crippen molar-refractivity contribution >= 4 is 27.0 Å². The van der Waals surface area contributed by atoms with Crippen LogP contribution in [0, 0.1) is 0 Å². The first kappa shape index (κ1) is 13.1. The van der Waals surface area contributed by atoms with Crippen molar-refractivity contribution in [1.29, 1.82) is 0 Å². The van der Waals surface area contributed by atoms with Gasteiger partial charge in [-0.2, -0.15) is 0 Å². The van der Waals surface area contributed by atoms with Crippen LogP contribution in [-0.4, -0.2) is 19.7 Å². The van der Waals surface area contributed by atoms with E-state index >= 15 is 0 Å². The Morgan fingerprint density at radius 2 is 1.88 bits per heavy atom. The minimum Gasteiger partial charge on any atom is -0.393 e. The van der Waals surface area contributed by atoms with E-state index in [1.807, 2.05) is 6.92 Å². The van der Waals surface area contributed by atoms with E-state index in [0.717, 1.165) is 5.56 Å². The molecule has 0 amide bonds. The highest BCUT2D eigenvalue weighted by atomic mass is 32.2. The Kier molecular flexibility index (Phi) is 4.04. The zero-order valence-corrected chi connectivity index (χ0v) is 10.9. The molecule has 0 aromatic heterocycles. The molecule has 0 aliphatic rings. The van der Waals surface area contributed by atoms with Gasteiger partial charge >= 0.3 is 0 Å². The van der Waals surface area contributed by atoms with E-state index in [0.29, 0.717) is 16.3 Å². The topological polar surface area (TPSA) is 60.2 Å². The molecule has 0 spiro atoms. The highest BCUT2D eigenvalue weighted by Gasteiger charge is 2.10. The first-order valence-corrected chi connectivity index (χ1v) is 7.19. The van der Waals surface area contributed by atoms with Crippen LogP contribution in [0.15, 0.2) is 29.2 Å². The summed E-state index contributed by atoms with van der Waals surface area (Å²) in [5.41, 5.74) is 6.51. The summed E-state index contributed by atoms with van der Waals surface area (Å²) in [5, 5.41) is 0.